The van der Waals surface area contributed by atoms with Gasteiger partial charge in [-0.25, -0.2) is 4.98 Å². The molecule has 1 aliphatic rings. The van der Waals surface area contributed by atoms with Gasteiger partial charge in [0.2, 0.25) is 5.95 Å². The van der Waals surface area contributed by atoms with Crippen LogP contribution in [0.25, 0.3) is 33.2 Å². The minimum Gasteiger partial charge on any atom is -0.394 e. The van der Waals surface area contributed by atoms with Crippen molar-refractivity contribution in [3.63, 3.8) is 0 Å². The zero-order chi connectivity index (χ0) is 20.3. The van der Waals surface area contributed by atoms with Crippen molar-refractivity contribution in [1.29, 1.82) is 0 Å². The number of ether oxygens (including phenoxy) is 1. The highest BCUT2D eigenvalue weighted by Crippen LogP contribution is 2.30. The van der Waals surface area contributed by atoms with E-state index in [0.717, 1.165) is 58.9 Å². The van der Waals surface area contributed by atoms with Gasteiger partial charge in [0, 0.05) is 41.8 Å². The van der Waals surface area contributed by atoms with E-state index in [0.29, 0.717) is 18.6 Å². The topological polar surface area (TPSA) is 109 Å². The number of nitrogens with zero attached hydrogens (tertiary/aromatic N) is 4. The predicted molar refractivity (Wildman–Crippen MR) is 115 cm³/mol. The van der Waals surface area contributed by atoms with Gasteiger partial charge in [-0.05, 0) is 43.4 Å². The molecule has 1 fully saturated rings. The fraction of sp³-hybridized carbons (Fsp3) is 0.364. The summed E-state index contributed by atoms with van der Waals surface area (Å²) in [6, 6.07) is 6.40. The van der Waals surface area contributed by atoms with Crippen LogP contribution >= 0.6 is 0 Å². The van der Waals surface area contributed by atoms with E-state index in [9.17, 15) is 0 Å². The maximum atomic E-state index is 8.89. The van der Waals surface area contributed by atoms with Crippen LogP contribution in [0.4, 0.5) is 5.95 Å². The Labute approximate surface area is 173 Å². The molecule has 8 heteroatoms. The number of hydrogen-bond acceptors (Lipinski definition) is 7. The second-order valence-electron chi connectivity index (χ2n) is 7.63. The maximum absolute atomic E-state index is 8.89. The number of benzene rings is 1. The Bertz CT molecular complexity index is 1150. The van der Waals surface area contributed by atoms with Crippen molar-refractivity contribution in [3.05, 3.63) is 43.0 Å². The van der Waals surface area contributed by atoms with Crippen LogP contribution in [0, 0.1) is 0 Å². The standard InChI is InChI=1S/C22H24N6O2/c29-9-10-30-16-4-2-15(3-5-16)27-22-26-13-18-17(12-25-21(18)28-22)14-1-6-19-20(11-14)24-8-7-23-19/h1,6-8,11-13,15-16,29H,2-5,9-10H2,(H2,25,26,27,28)/t15-,16+. The molecule has 8 nitrogen and oxygen atoms in total. The van der Waals surface area contributed by atoms with Crippen molar-refractivity contribution in [3.8, 4) is 11.1 Å². The van der Waals surface area contributed by atoms with Gasteiger partial charge in [0.05, 0.1) is 30.4 Å². The summed E-state index contributed by atoms with van der Waals surface area (Å²) < 4.78 is 5.64. The van der Waals surface area contributed by atoms with Gasteiger partial charge in [0.25, 0.3) is 0 Å². The number of hydrogen-bond donors (Lipinski definition) is 3. The van der Waals surface area contributed by atoms with Crippen molar-refractivity contribution in [1.82, 2.24) is 24.9 Å². The molecule has 0 atom stereocenters. The van der Waals surface area contributed by atoms with Crippen molar-refractivity contribution in [2.24, 2.45) is 0 Å². The molecule has 0 unspecified atom stereocenters. The fourth-order valence-corrected chi connectivity index (χ4v) is 4.12. The zero-order valence-corrected chi connectivity index (χ0v) is 16.6. The number of nitrogens with one attached hydrogen (secondary N) is 2. The van der Waals surface area contributed by atoms with Crippen molar-refractivity contribution in [2.75, 3.05) is 18.5 Å². The van der Waals surface area contributed by atoms with Crippen LogP contribution in [0.2, 0.25) is 0 Å². The minimum absolute atomic E-state index is 0.0801. The molecule has 1 saturated carbocycles. The van der Waals surface area contributed by atoms with Gasteiger partial charge < -0.3 is 20.1 Å². The number of rotatable bonds is 6. The molecule has 3 heterocycles. The quantitative estimate of drug-likeness (QED) is 0.452. The number of aromatic amines is 1. The molecule has 0 spiro atoms. The molecule has 30 heavy (non-hydrogen) atoms. The first-order valence-corrected chi connectivity index (χ1v) is 10.3. The van der Waals surface area contributed by atoms with Gasteiger partial charge in [-0.15, -0.1) is 0 Å². The molecule has 0 aliphatic heterocycles. The summed E-state index contributed by atoms with van der Waals surface area (Å²) >= 11 is 0. The molecule has 4 aromatic rings. The predicted octanol–water partition coefficient (Wildman–Crippen LogP) is 3.30. The van der Waals surface area contributed by atoms with Crippen LogP contribution in [-0.4, -0.2) is 55.4 Å². The third-order valence-electron chi connectivity index (χ3n) is 5.66. The molecule has 0 amide bonds. The van der Waals surface area contributed by atoms with E-state index >= 15 is 0 Å². The number of anilines is 1. The molecule has 0 radical (unpaired) electrons. The maximum Gasteiger partial charge on any atom is 0.224 e. The molecule has 3 N–H and O–H groups in total. The molecule has 5 rings (SSSR count). The van der Waals surface area contributed by atoms with Gasteiger partial charge in [-0.1, -0.05) is 6.07 Å². The average Bonchev–Trinajstić information content (AvgIpc) is 3.21. The first kappa shape index (κ1) is 18.9. The summed E-state index contributed by atoms with van der Waals surface area (Å²) in [4.78, 5) is 21.2. The SMILES string of the molecule is OCCO[C@H]1CC[C@@H](Nc2ncc3c(-c4ccc5nccnc5c4)c[nH]c3n2)CC1. The van der Waals surface area contributed by atoms with Gasteiger partial charge in [0.1, 0.15) is 5.65 Å². The zero-order valence-electron chi connectivity index (χ0n) is 16.6. The Morgan fingerprint density at radius 1 is 1.07 bits per heavy atom. The molecule has 1 aliphatic carbocycles. The van der Waals surface area contributed by atoms with Crippen LogP contribution < -0.4 is 5.32 Å². The number of aliphatic hydroxyl groups is 1. The Morgan fingerprint density at radius 2 is 1.90 bits per heavy atom. The van der Waals surface area contributed by atoms with Gasteiger partial charge in [-0.3, -0.25) is 9.97 Å². The van der Waals surface area contributed by atoms with E-state index in [1.807, 2.05) is 30.6 Å². The van der Waals surface area contributed by atoms with E-state index in [1.54, 1.807) is 12.4 Å². The summed E-state index contributed by atoms with van der Waals surface area (Å²) in [6.45, 7) is 0.498. The highest BCUT2D eigenvalue weighted by molar-refractivity contribution is 5.95. The third-order valence-corrected chi connectivity index (χ3v) is 5.66. The van der Waals surface area contributed by atoms with E-state index in [4.69, 9.17) is 9.84 Å². The summed E-state index contributed by atoms with van der Waals surface area (Å²) in [5.41, 5.74) is 4.65. The lowest BCUT2D eigenvalue weighted by Crippen LogP contribution is -2.30. The van der Waals surface area contributed by atoms with Crippen LogP contribution in [0.15, 0.2) is 43.0 Å². The lowest BCUT2D eigenvalue weighted by atomic mass is 9.93. The Morgan fingerprint density at radius 3 is 2.73 bits per heavy atom. The smallest absolute Gasteiger partial charge is 0.224 e. The normalized spacial score (nSPS) is 19.4. The summed E-state index contributed by atoms with van der Waals surface area (Å²) in [5, 5.41) is 13.3. The summed E-state index contributed by atoms with van der Waals surface area (Å²) in [6.07, 6.45) is 11.5. The second-order valence-corrected chi connectivity index (χ2v) is 7.63. The molecular weight excluding hydrogens is 380 g/mol. The first-order chi connectivity index (χ1) is 14.8. The number of aliphatic hydroxyl groups excluding tert-OH is 1. The van der Waals surface area contributed by atoms with E-state index in [2.05, 4.69) is 30.2 Å². The van der Waals surface area contributed by atoms with Crippen molar-refractivity contribution in [2.45, 2.75) is 37.8 Å². The largest absolute Gasteiger partial charge is 0.394 e. The van der Waals surface area contributed by atoms with E-state index < -0.39 is 0 Å². The molecule has 154 valence electrons. The van der Waals surface area contributed by atoms with Crippen LogP contribution in [0.1, 0.15) is 25.7 Å². The minimum atomic E-state index is 0.0801. The number of H-pyrrole nitrogens is 1. The van der Waals surface area contributed by atoms with E-state index in [1.165, 1.54) is 0 Å². The van der Waals surface area contributed by atoms with Crippen molar-refractivity contribution >= 4 is 28.0 Å². The monoisotopic (exact) mass is 404 g/mol. The van der Waals surface area contributed by atoms with Crippen LogP contribution in [0.3, 0.4) is 0 Å². The highest BCUT2D eigenvalue weighted by Gasteiger charge is 2.22. The summed E-state index contributed by atoms with van der Waals surface area (Å²) in [7, 11) is 0. The van der Waals surface area contributed by atoms with Crippen LogP contribution in [-0.2, 0) is 4.74 Å². The first-order valence-electron chi connectivity index (χ1n) is 10.3. The Hall–Kier alpha value is -3.10. The molecule has 3 aromatic heterocycles. The Kier molecular flexibility index (Phi) is 5.25. The molecular formula is C22H24N6O2. The van der Waals surface area contributed by atoms with E-state index in [-0.39, 0.29) is 12.7 Å². The Balaban J connectivity index is 1.31. The molecule has 0 saturated heterocycles. The molecule has 1 aromatic carbocycles. The number of aromatic nitrogens is 5. The lowest BCUT2D eigenvalue weighted by molar-refractivity contribution is 0.00719. The fourth-order valence-electron chi connectivity index (χ4n) is 4.12. The van der Waals surface area contributed by atoms with Gasteiger partial charge in [-0.2, -0.15) is 4.98 Å². The lowest BCUT2D eigenvalue weighted by Gasteiger charge is -2.28. The summed E-state index contributed by atoms with van der Waals surface area (Å²) in [5.74, 6) is 0.639. The average molecular weight is 404 g/mol. The van der Waals surface area contributed by atoms with Crippen LogP contribution in [0.5, 0.6) is 0 Å². The van der Waals surface area contributed by atoms with Gasteiger partial charge in [0.15, 0.2) is 0 Å². The second kappa shape index (κ2) is 8.33. The number of fused-ring (bicyclic) bond motifs is 2. The molecule has 0 bridgehead atoms. The van der Waals surface area contributed by atoms with Crippen molar-refractivity contribution < 1.29 is 9.84 Å². The van der Waals surface area contributed by atoms with Gasteiger partial charge >= 0.3 is 0 Å². The third kappa shape index (κ3) is 3.83. The highest BCUT2D eigenvalue weighted by atomic mass is 16.5.